The maximum Gasteiger partial charge on any atom is 0.192 e. The molecule has 3 atom stereocenters. The second kappa shape index (κ2) is 9.10. The molecule has 4 rings (SSSR count). The molecule has 0 spiro atoms. The minimum atomic E-state index is -1.98. The number of halogens is 1. The summed E-state index contributed by atoms with van der Waals surface area (Å²) in [6.07, 6.45) is 6.29. The van der Waals surface area contributed by atoms with E-state index in [1.165, 1.54) is 17.7 Å². The third-order valence-corrected chi connectivity index (χ3v) is 13.1. The molecule has 1 unspecified atom stereocenters. The number of nitrogens with zero attached hydrogens (tertiary/aromatic N) is 2. The van der Waals surface area contributed by atoms with E-state index in [-0.39, 0.29) is 17.8 Å². The molecule has 1 saturated carbocycles. The number of hydrogen-bond acceptors (Lipinski definition) is 4. The van der Waals surface area contributed by atoms with Crippen LogP contribution in [0.4, 0.5) is 4.39 Å². The lowest BCUT2D eigenvalue weighted by atomic mass is 9.65. The third-order valence-electron chi connectivity index (χ3n) is 8.45. The quantitative estimate of drug-likeness (QED) is 0.489. The molecule has 2 N–H and O–H groups in total. The average Bonchev–Trinajstić information content (AvgIpc) is 3.34. The largest absolute Gasteiger partial charge is 0.410 e. The molecular weight excluding hydrogens is 435 g/mol. The van der Waals surface area contributed by atoms with Gasteiger partial charge in [-0.2, -0.15) is 5.10 Å². The highest BCUT2D eigenvalue weighted by molar-refractivity contribution is 6.73. The maximum atomic E-state index is 13.4. The van der Waals surface area contributed by atoms with Crippen molar-refractivity contribution in [1.29, 1.82) is 0 Å². The second-order valence-electron chi connectivity index (χ2n) is 10.0. The fourth-order valence-electron chi connectivity index (χ4n) is 6.06. The van der Waals surface area contributed by atoms with Gasteiger partial charge in [0.2, 0.25) is 0 Å². The molecule has 180 valence electrons. The average molecular weight is 473 g/mol. The Bertz CT molecular complexity index is 1010. The van der Waals surface area contributed by atoms with Gasteiger partial charge in [-0.3, -0.25) is 0 Å². The standard InChI is InChI=1S/C26H37FN2O3Si/c1-5-33(6-2,7-3)32-26(16-23(31)18-30)13-12-20-14-24-19(15-25(20,26)4)17-28-29(24)22-10-8-21(27)9-11-22/h8-11,14,17,23,30-31H,5-7,12-13,15-16,18H2,1-4H3/t23?,25-,26+/m0/s1. The van der Waals surface area contributed by atoms with E-state index in [1.54, 1.807) is 12.1 Å². The van der Waals surface area contributed by atoms with Gasteiger partial charge in [-0.05, 0) is 73.3 Å². The van der Waals surface area contributed by atoms with E-state index in [0.29, 0.717) is 6.42 Å². The topological polar surface area (TPSA) is 67.5 Å². The maximum absolute atomic E-state index is 13.4. The summed E-state index contributed by atoms with van der Waals surface area (Å²) < 4.78 is 22.6. The van der Waals surface area contributed by atoms with Crippen LogP contribution in [0.1, 0.15) is 58.2 Å². The molecule has 0 bridgehead atoms. The van der Waals surface area contributed by atoms with E-state index < -0.39 is 20.0 Å². The summed E-state index contributed by atoms with van der Waals surface area (Å²) in [5.41, 5.74) is 3.54. The summed E-state index contributed by atoms with van der Waals surface area (Å²) >= 11 is 0. The Kier molecular flexibility index (Phi) is 6.71. The van der Waals surface area contributed by atoms with Crippen molar-refractivity contribution in [1.82, 2.24) is 9.78 Å². The second-order valence-corrected chi connectivity index (χ2v) is 14.7. The molecule has 0 radical (unpaired) electrons. The lowest BCUT2D eigenvalue weighted by molar-refractivity contribution is -0.0693. The SMILES string of the molecule is CC[Si](CC)(CC)O[C@@]1(CC(O)CO)CCC2=Cc3c(cnn3-c3ccc(F)cc3)C[C@@]21C. The molecule has 0 amide bonds. The minimum absolute atomic E-state index is 0.257. The van der Waals surface area contributed by atoms with Gasteiger partial charge in [0.25, 0.3) is 0 Å². The van der Waals surface area contributed by atoms with Gasteiger partial charge in [0.05, 0.1) is 35.9 Å². The van der Waals surface area contributed by atoms with Crippen molar-refractivity contribution in [2.75, 3.05) is 6.61 Å². The van der Waals surface area contributed by atoms with Crippen LogP contribution in [0.15, 0.2) is 36.0 Å². The van der Waals surface area contributed by atoms with Crippen molar-refractivity contribution in [3.8, 4) is 5.69 Å². The van der Waals surface area contributed by atoms with Crippen molar-refractivity contribution < 1.29 is 19.0 Å². The molecule has 1 aromatic carbocycles. The minimum Gasteiger partial charge on any atom is -0.410 e. The molecule has 0 saturated heterocycles. The molecule has 2 aliphatic rings. The van der Waals surface area contributed by atoms with Gasteiger partial charge in [-0.15, -0.1) is 0 Å². The van der Waals surface area contributed by atoms with E-state index in [0.717, 1.165) is 54.3 Å². The number of fused-ring (bicyclic) bond motifs is 2. The van der Waals surface area contributed by atoms with Crippen LogP contribution in [-0.4, -0.2) is 46.6 Å². The summed E-state index contributed by atoms with van der Waals surface area (Å²) in [6.45, 7) is 8.71. The predicted molar refractivity (Wildman–Crippen MR) is 131 cm³/mol. The Morgan fingerprint density at radius 3 is 2.45 bits per heavy atom. The Labute approximate surface area is 197 Å². The van der Waals surface area contributed by atoms with Crippen LogP contribution < -0.4 is 0 Å². The molecule has 1 aromatic heterocycles. The van der Waals surface area contributed by atoms with Crippen molar-refractivity contribution in [3.05, 3.63) is 53.1 Å². The van der Waals surface area contributed by atoms with Crippen LogP contribution in [-0.2, 0) is 10.8 Å². The lowest BCUT2D eigenvalue weighted by Crippen LogP contribution is -2.56. The molecule has 7 heteroatoms. The van der Waals surface area contributed by atoms with Gasteiger partial charge < -0.3 is 14.6 Å². The normalized spacial score (nSPS) is 25.5. The third kappa shape index (κ3) is 4.03. The van der Waals surface area contributed by atoms with Crippen LogP contribution in [0.2, 0.25) is 18.1 Å². The molecule has 2 aliphatic carbocycles. The van der Waals surface area contributed by atoms with E-state index in [9.17, 15) is 14.6 Å². The molecule has 2 aromatic rings. The number of hydrogen-bond donors (Lipinski definition) is 2. The zero-order valence-electron chi connectivity index (χ0n) is 20.3. The van der Waals surface area contributed by atoms with Crippen LogP contribution in [0, 0.1) is 11.2 Å². The summed E-state index contributed by atoms with van der Waals surface area (Å²) in [4.78, 5) is 0. The zero-order chi connectivity index (χ0) is 23.9. The lowest BCUT2D eigenvalue weighted by Gasteiger charge is -2.51. The Morgan fingerprint density at radius 1 is 1.18 bits per heavy atom. The summed E-state index contributed by atoms with van der Waals surface area (Å²) in [5.74, 6) is -0.263. The summed E-state index contributed by atoms with van der Waals surface area (Å²) in [6, 6.07) is 9.54. The van der Waals surface area contributed by atoms with E-state index in [4.69, 9.17) is 4.43 Å². The van der Waals surface area contributed by atoms with Crippen LogP contribution >= 0.6 is 0 Å². The smallest absolute Gasteiger partial charge is 0.192 e. The van der Waals surface area contributed by atoms with Crippen molar-refractivity contribution in [3.63, 3.8) is 0 Å². The highest BCUT2D eigenvalue weighted by Crippen LogP contribution is 2.60. The zero-order valence-corrected chi connectivity index (χ0v) is 21.3. The first-order chi connectivity index (χ1) is 15.7. The monoisotopic (exact) mass is 472 g/mol. The first kappa shape index (κ1) is 24.3. The van der Waals surface area contributed by atoms with Crippen LogP contribution in [0.3, 0.4) is 0 Å². The van der Waals surface area contributed by atoms with Crippen molar-refractivity contribution >= 4 is 14.4 Å². The van der Waals surface area contributed by atoms with Gasteiger partial charge in [0.15, 0.2) is 8.32 Å². The molecule has 1 fully saturated rings. The molecule has 5 nitrogen and oxygen atoms in total. The van der Waals surface area contributed by atoms with E-state index in [1.807, 2.05) is 10.9 Å². The molecule has 33 heavy (non-hydrogen) atoms. The Balaban J connectivity index is 1.77. The fraction of sp³-hybridized carbons (Fsp3) is 0.577. The van der Waals surface area contributed by atoms with Gasteiger partial charge in [0, 0.05) is 11.8 Å². The highest BCUT2D eigenvalue weighted by atomic mass is 28.4. The molecule has 1 heterocycles. The number of aromatic nitrogens is 2. The van der Waals surface area contributed by atoms with Crippen LogP contribution in [0.25, 0.3) is 11.8 Å². The van der Waals surface area contributed by atoms with Crippen LogP contribution in [0.5, 0.6) is 0 Å². The van der Waals surface area contributed by atoms with E-state index >= 15 is 0 Å². The van der Waals surface area contributed by atoms with Gasteiger partial charge >= 0.3 is 0 Å². The van der Waals surface area contributed by atoms with Gasteiger partial charge in [0.1, 0.15) is 5.82 Å². The number of aliphatic hydroxyl groups excluding tert-OH is 2. The van der Waals surface area contributed by atoms with Crippen molar-refractivity contribution in [2.24, 2.45) is 5.41 Å². The Hall–Kier alpha value is -1.80. The summed E-state index contributed by atoms with van der Waals surface area (Å²) in [5, 5.41) is 24.9. The Morgan fingerprint density at radius 2 is 1.85 bits per heavy atom. The molecular formula is C26H37FN2O3Si. The number of benzene rings is 1. The number of aliphatic hydroxyl groups is 2. The number of rotatable bonds is 9. The fourth-order valence-corrected chi connectivity index (χ4v) is 9.23. The van der Waals surface area contributed by atoms with Crippen molar-refractivity contribution in [2.45, 2.75) is 83.2 Å². The van der Waals surface area contributed by atoms with Gasteiger partial charge in [-0.25, -0.2) is 9.07 Å². The molecule has 0 aliphatic heterocycles. The van der Waals surface area contributed by atoms with Gasteiger partial charge in [-0.1, -0.05) is 33.3 Å². The highest BCUT2D eigenvalue weighted by Gasteiger charge is 2.59. The first-order valence-corrected chi connectivity index (χ1v) is 14.8. The predicted octanol–water partition coefficient (Wildman–Crippen LogP) is 5.25. The van der Waals surface area contributed by atoms with E-state index in [2.05, 4.69) is 38.9 Å². The summed E-state index contributed by atoms with van der Waals surface area (Å²) in [7, 11) is -1.98. The first-order valence-electron chi connectivity index (χ1n) is 12.3.